The molecular weight excluding hydrogens is 328 g/mol. The zero-order valence-corrected chi connectivity index (χ0v) is 16.6. The Kier molecular flexibility index (Phi) is 4.80. The van der Waals surface area contributed by atoms with Crippen LogP contribution in [0.3, 0.4) is 0 Å². The summed E-state index contributed by atoms with van der Waals surface area (Å²) >= 11 is 0. The van der Waals surface area contributed by atoms with Gasteiger partial charge in [0.25, 0.3) is 0 Å². The lowest BCUT2D eigenvalue weighted by atomic mass is 9.71. The van der Waals surface area contributed by atoms with Gasteiger partial charge in [0, 0.05) is 24.0 Å². The molecule has 0 radical (unpaired) electrons. The normalized spacial score (nSPS) is 26.6. The van der Waals surface area contributed by atoms with Crippen molar-refractivity contribution in [3.63, 3.8) is 0 Å². The van der Waals surface area contributed by atoms with E-state index in [1.165, 1.54) is 0 Å². The Morgan fingerprint density at radius 2 is 2.08 bits per heavy atom. The van der Waals surface area contributed by atoms with Crippen LogP contribution in [-0.2, 0) is 0 Å². The van der Waals surface area contributed by atoms with Gasteiger partial charge in [-0.3, -0.25) is 4.79 Å². The Morgan fingerprint density at radius 3 is 2.65 bits per heavy atom. The van der Waals surface area contributed by atoms with Gasteiger partial charge < -0.3 is 14.6 Å². The van der Waals surface area contributed by atoms with Crippen LogP contribution in [0.15, 0.2) is 18.2 Å². The summed E-state index contributed by atoms with van der Waals surface area (Å²) < 4.78 is 11.9. The van der Waals surface area contributed by atoms with E-state index < -0.39 is 5.60 Å². The summed E-state index contributed by atoms with van der Waals surface area (Å²) in [5.41, 5.74) is 0.719. The molecule has 4 heteroatoms. The molecule has 0 amide bonds. The molecule has 0 saturated heterocycles. The first-order valence-electron chi connectivity index (χ1n) is 9.53. The molecule has 0 unspecified atom stereocenters. The summed E-state index contributed by atoms with van der Waals surface area (Å²) in [6.45, 7) is 10.5. The number of hydrogen-bond donors (Lipinski definition) is 1. The third-order valence-electron chi connectivity index (χ3n) is 5.75. The number of hydrogen-bond acceptors (Lipinski definition) is 4. The molecule has 0 bridgehead atoms. The summed E-state index contributed by atoms with van der Waals surface area (Å²) in [5.74, 6) is 2.28. The van der Waals surface area contributed by atoms with E-state index in [-0.39, 0.29) is 23.4 Å². The third-order valence-corrected chi connectivity index (χ3v) is 5.75. The molecule has 142 valence electrons. The minimum atomic E-state index is -0.512. The number of carbonyl (C=O) groups excluding carboxylic acids is 1. The van der Waals surface area contributed by atoms with Gasteiger partial charge in [-0.2, -0.15) is 0 Å². The summed E-state index contributed by atoms with van der Waals surface area (Å²) in [5, 5.41) is 10.5. The maximum Gasteiger partial charge on any atom is 0.170 e. The average Bonchev–Trinajstić information content (AvgIpc) is 2.84. The minimum Gasteiger partial charge on any atom is -0.507 e. The minimum absolute atomic E-state index is 0.0575. The second kappa shape index (κ2) is 6.64. The largest absolute Gasteiger partial charge is 0.507 e. The third kappa shape index (κ3) is 3.00. The molecule has 1 aliphatic heterocycles. The van der Waals surface area contributed by atoms with Crippen molar-refractivity contribution in [1.82, 2.24) is 0 Å². The first-order valence-corrected chi connectivity index (χ1v) is 9.53. The highest BCUT2D eigenvalue weighted by atomic mass is 16.5. The van der Waals surface area contributed by atoms with Crippen molar-refractivity contribution in [2.45, 2.75) is 59.0 Å². The zero-order valence-electron chi connectivity index (χ0n) is 16.6. The van der Waals surface area contributed by atoms with Gasteiger partial charge in [0.05, 0.1) is 7.11 Å². The first-order chi connectivity index (χ1) is 12.2. The highest BCUT2D eigenvalue weighted by Gasteiger charge is 2.50. The highest BCUT2D eigenvalue weighted by molar-refractivity contribution is 6.02. The summed E-state index contributed by atoms with van der Waals surface area (Å²) in [7, 11) is 1.60. The van der Waals surface area contributed by atoms with E-state index in [0.29, 0.717) is 35.3 Å². The number of methoxy groups -OCH3 is 1. The van der Waals surface area contributed by atoms with Crippen LogP contribution < -0.4 is 9.47 Å². The van der Waals surface area contributed by atoms with Gasteiger partial charge in [0.2, 0.25) is 0 Å². The predicted molar refractivity (Wildman–Crippen MR) is 102 cm³/mol. The number of ketones is 1. The summed E-state index contributed by atoms with van der Waals surface area (Å²) in [4.78, 5) is 12.8. The van der Waals surface area contributed by atoms with E-state index in [2.05, 4.69) is 32.9 Å². The number of allylic oxidation sites excluding steroid dienone is 1. The van der Waals surface area contributed by atoms with E-state index in [1.807, 2.05) is 13.8 Å². The second-order valence-corrected chi connectivity index (χ2v) is 8.58. The molecule has 1 N–H and O–H groups in total. The standard InChI is InChI=1S/C22H30O4/c1-12(2)9-16(23)20-17(24)11-18(25-6)19-15-10-14(13(3)4)7-8-22(15,5)26-21(19)20/h7-8,11-15,24H,9-10H2,1-6H3/t14-,15+,22+/m1/s1. The maximum absolute atomic E-state index is 12.8. The van der Waals surface area contributed by atoms with Crippen molar-refractivity contribution in [2.24, 2.45) is 17.8 Å². The fourth-order valence-corrected chi connectivity index (χ4v) is 4.22. The number of rotatable bonds is 5. The monoisotopic (exact) mass is 358 g/mol. The van der Waals surface area contributed by atoms with E-state index >= 15 is 0 Å². The molecule has 0 fully saturated rings. The van der Waals surface area contributed by atoms with Crippen molar-refractivity contribution in [2.75, 3.05) is 7.11 Å². The number of aromatic hydroxyl groups is 1. The summed E-state index contributed by atoms with van der Waals surface area (Å²) in [6, 6.07) is 1.57. The topological polar surface area (TPSA) is 55.8 Å². The van der Waals surface area contributed by atoms with Crippen LogP contribution in [0.5, 0.6) is 17.2 Å². The van der Waals surface area contributed by atoms with Crippen LogP contribution in [0.1, 0.15) is 69.3 Å². The quantitative estimate of drug-likeness (QED) is 0.588. The van der Waals surface area contributed by atoms with Gasteiger partial charge in [-0.25, -0.2) is 0 Å². The van der Waals surface area contributed by atoms with E-state index in [1.54, 1.807) is 13.2 Å². The SMILES string of the molecule is COc1cc(O)c(C(=O)CC(C)C)c2c1[C@@H]1C[C@H](C(C)C)C=C[C@]1(C)O2. The molecule has 4 nitrogen and oxygen atoms in total. The number of fused-ring (bicyclic) bond motifs is 3. The molecule has 0 spiro atoms. The van der Waals surface area contributed by atoms with E-state index in [0.717, 1.165) is 12.0 Å². The van der Waals surface area contributed by atoms with Crippen molar-refractivity contribution in [3.05, 3.63) is 29.3 Å². The molecule has 2 aliphatic rings. The Morgan fingerprint density at radius 1 is 1.38 bits per heavy atom. The van der Waals surface area contributed by atoms with Gasteiger partial charge in [0.15, 0.2) is 5.78 Å². The number of ether oxygens (including phenoxy) is 2. The van der Waals surface area contributed by atoms with Crippen LogP contribution >= 0.6 is 0 Å². The van der Waals surface area contributed by atoms with Crippen molar-refractivity contribution >= 4 is 5.78 Å². The molecule has 0 saturated carbocycles. The number of phenolic OH excluding ortho intramolecular Hbond substituents is 1. The Balaban J connectivity index is 2.14. The average molecular weight is 358 g/mol. The summed E-state index contributed by atoms with van der Waals surface area (Å²) in [6.07, 6.45) is 5.67. The van der Waals surface area contributed by atoms with E-state index in [4.69, 9.17) is 9.47 Å². The van der Waals surface area contributed by atoms with Crippen LogP contribution in [0.2, 0.25) is 0 Å². The van der Waals surface area contributed by atoms with Crippen LogP contribution in [0.25, 0.3) is 0 Å². The smallest absolute Gasteiger partial charge is 0.170 e. The zero-order chi connectivity index (χ0) is 19.2. The van der Waals surface area contributed by atoms with Gasteiger partial charge in [0.1, 0.15) is 28.4 Å². The molecular formula is C22H30O4. The molecule has 3 atom stereocenters. The highest BCUT2D eigenvalue weighted by Crippen LogP contribution is 2.57. The fraction of sp³-hybridized carbons (Fsp3) is 0.591. The molecule has 26 heavy (non-hydrogen) atoms. The van der Waals surface area contributed by atoms with Crippen molar-refractivity contribution in [1.29, 1.82) is 0 Å². The predicted octanol–water partition coefficient (Wildman–Crippen LogP) is 5.10. The van der Waals surface area contributed by atoms with Crippen molar-refractivity contribution in [3.8, 4) is 17.2 Å². The van der Waals surface area contributed by atoms with Gasteiger partial charge >= 0.3 is 0 Å². The molecule has 1 aromatic carbocycles. The molecule has 1 aromatic rings. The lowest BCUT2D eigenvalue weighted by Gasteiger charge is -2.35. The van der Waals surface area contributed by atoms with Crippen LogP contribution in [0.4, 0.5) is 0 Å². The van der Waals surface area contributed by atoms with Gasteiger partial charge in [-0.15, -0.1) is 0 Å². The second-order valence-electron chi connectivity index (χ2n) is 8.58. The van der Waals surface area contributed by atoms with Crippen LogP contribution in [-0.4, -0.2) is 23.6 Å². The Hall–Kier alpha value is -1.97. The lowest BCUT2D eigenvalue weighted by molar-refractivity contribution is 0.0944. The number of phenols is 1. The number of benzene rings is 1. The van der Waals surface area contributed by atoms with E-state index in [9.17, 15) is 9.90 Å². The lowest BCUT2D eigenvalue weighted by Crippen LogP contribution is -2.36. The van der Waals surface area contributed by atoms with Gasteiger partial charge in [-0.1, -0.05) is 33.8 Å². The number of carbonyl (C=O) groups is 1. The fourth-order valence-electron chi connectivity index (χ4n) is 4.22. The Labute approximate surface area is 156 Å². The van der Waals surface area contributed by atoms with Crippen molar-refractivity contribution < 1.29 is 19.4 Å². The van der Waals surface area contributed by atoms with Gasteiger partial charge in [-0.05, 0) is 37.2 Å². The molecule has 1 heterocycles. The molecule has 0 aromatic heterocycles. The molecule has 3 rings (SSSR count). The first kappa shape index (κ1) is 18.8. The van der Waals surface area contributed by atoms with Crippen LogP contribution in [0, 0.1) is 17.8 Å². The Bertz CT molecular complexity index is 747. The molecule has 1 aliphatic carbocycles. The maximum atomic E-state index is 12.8. The number of Topliss-reactive ketones (excluding diaryl/α,β-unsaturated/α-hetero) is 1.